The molecule has 2 heterocycles. The largest absolute Gasteiger partial charge is 0.444 e. The summed E-state index contributed by atoms with van der Waals surface area (Å²) < 4.78 is 11.0. The van der Waals surface area contributed by atoms with Crippen LogP contribution in [0.15, 0.2) is 63.7 Å². The van der Waals surface area contributed by atoms with Crippen molar-refractivity contribution in [3.05, 3.63) is 60.4 Å². The Morgan fingerprint density at radius 1 is 1.15 bits per heavy atom. The first-order valence-electron chi connectivity index (χ1n) is 8.45. The minimum absolute atomic E-state index is 0.119. The van der Waals surface area contributed by atoms with Gasteiger partial charge < -0.3 is 14.3 Å². The first-order chi connectivity index (χ1) is 12.8. The molecule has 130 valence electrons. The zero-order chi connectivity index (χ0) is 17.9. The van der Waals surface area contributed by atoms with E-state index in [-0.39, 0.29) is 5.91 Å². The molecular weight excluding hydrogens is 330 g/mol. The summed E-state index contributed by atoms with van der Waals surface area (Å²) in [6.07, 6.45) is 2.43. The molecule has 6 heteroatoms. The molecule has 4 aromatic rings. The van der Waals surface area contributed by atoms with E-state index in [1.807, 2.05) is 37.3 Å². The van der Waals surface area contributed by atoms with Crippen molar-refractivity contribution in [2.75, 3.05) is 6.54 Å². The summed E-state index contributed by atoms with van der Waals surface area (Å²) in [6.45, 7) is 2.65. The predicted molar refractivity (Wildman–Crippen MR) is 97.6 cm³/mol. The summed E-state index contributed by atoms with van der Waals surface area (Å²) in [5.41, 5.74) is 3.15. The van der Waals surface area contributed by atoms with E-state index in [1.54, 1.807) is 24.5 Å². The van der Waals surface area contributed by atoms with Gasteiger partial charge in [-0.25, -0.2) is 4.98 Å². The summed E-state index contributed by atoms with van der Waals surface area (Å²) in [6, 6.07) is 14.9. The monoisotopic (exact) mass is 347 g/mol. The third kappa shape index (κ3) is 2.97. The summed E-state index contributed by atoms with van der Waals surface area (Å²) in [7, 11) is 0. The lowest BCUT2D eigenvalue weighted by Gasteiger charge is -2.03. The van der Waals surface area contributed by atoms with E-state index in [4.69, 9.17) is 8.94 Å². The van der Waals surface area contributed by atoms with Gasteiger partial charge in [0.05, 0.1) is 5.39 Å². The number of hydrogen-bond donors (Lipinski definition) is 1. The first-order valence-corrected chi connectivity index (χ1v) is 8.45. The van der Waals surface area contributed by atoms with E-state index in [2.05, 4.69) is 15.5 Å². The molecule has 0 saturated carbocycles. The molecule has 2 aromatic carbocycles. The number of benzene rings is 2. The molecule has 0 aliphatic carbocycles. The highest BCUT2D eigenvalue weighted by Crippen LogP contribution is 2.30. The third-order valence-electron chi connectivity index (χ3n) is 4.04. The van der Waals surface area contributed by atoms with E-state index < -0.39 is 0 Å². The van der Waals surface area contributed by atoms with E-state index in [0.717, 1.165) is 17.4 Å². The van der Waals surface area contributed by atoms with Gasteiger partial charge in [0.2, 0.25) is 5.89 Å². The lowest BCUT2D eigenvalue weighted by Crippen LogP contribution is -2.23. The van der Waals surface area contributed by atoms with Gasteiger partial charge in [-0.2, -0.15) is 0 Å². The highest BCUT2D eigenvalue weighted by Gasteiger charge is 2.17. The number of hydrogen-bond acceptors (Lipinski definition) is 5. The second-order valence-electron chi connectivity index (χ2n) is 5.90. The van der Waals surface area contributed by atoms with Gasteiger partial charge >= 0.3 is 0 Å². The number of nitrogens with zero attached hydrogens (tertiary/aromatic N) is 2. The molecule has 0 unspecified atom stereocenters. The van der Waals surface area contributed by atoms with Crippen molar-refractivity contribution < 1.29 is 13.7 Å². The van der Waals surface area contributed by atoms with Gasteiger partial charge in [0.1, 0.15) is 17.7 Å². The summed E-state index contributed by atoms with van der Waals surface area (Å²) in [5, 5.41) is 7.70. The summed E-state index contributed by atoms with van der Waals surface area (Å²) in [5.74, 6) is 0.389. The van der Waals surface area contributed by atoms with Crippen molar-refractivity contribution in [3.63, 3.8) is 0 Å². The normalized spacial score (nSPS) is 11.0. The zero-order valence-corrected chi connectivity index (χ0v) is 14.2. The molecule has 6 nitrogen and oxygen atoms in total. The number of fused-ring (bicyclic) bond motifs is 1. The highest BCUT2D eigenvalue weighted by molar-refractivity contribution is 6.00. The molecule has 0 spiro atoms. The highest BCUT2D eigenvalue weighted by atomic mass is 16.5. The molecule has 0 aliphatic rings. The lowest BCUT2D eigenvalue weighted by molar-refractivity contribution is 0.0954. The van der Waals surface area contributed by atoms with Crippen LogP contribution in [0.1, 0.15) is 23.7 Å². The fourth-order valence-corrected chi connectivity index (χ4v) is 2.70. The van der Waals surface area contributed by atoms with Crippen LogP contribution < -0.4 is 5.32 Å². The molecule has 0 saturated heterocycles. The average Bonchev–Trinajstić information content (AvgIpc) is 3.33. The van der Waals surface area contributed by atoms with Crippen molar-refractivity contribution in [1.29, 1.82) is 0 Å². The SMILES string of the molecule is CCCNC(=O)c1ccc2onc(-c3coc(-c4ccccc4)n3)c2c1. The molecule has 0 atom stereocenters. The second kappa shape index (κ2) is 6.84. The molecule has 0 bridgehead atoms. The van der Waals surface area contributed by atoms with E-state index in [0.29, 0.717) is 35.0 Å². The number of carbonyl (C=O) groups excluding carboxylic acids is 1. The topological polar surface area (TPSA) is 81.2 Å². The van der Waals surface area contributed by atoms with Gasteiger partial charge in [-0.15, -0.1) is 0 Å². The lowest BCUT2D eigenvalue weighted by atomic mass is 10.1. The Labute approximate surface area is 149 Å². The second-order valence-corrected chi connectivity index (χ2v) is 5.90. The fraction of sp³-hybridized carbons (Fsp3) is 0.150. The van der Waals surface area contributed by atoms with Gasteiger partial charge in [-0.05, 0) is 36.8 Å². The minimum atomic E-state index is -0.119. The molecule has 1 amide bonds. The van der Waals surface area contributed by atoms with Gasteiger partial charge in [0.15, 0.2) is 5.58 Å². The van der Waals surface area contributed by atoms with Gasteiger partial charge in [-0.3, -0.25) is 4.79 Å². The maximum Gasteiger partial charge on any atom is 0.251 e. The maximum absolute atomic E-state index is 12.2. The van der Waals surface area contributed by atoms with Crippen LogP contribution in [-0.4, -0.2) is 22.6 Å². The number of carbonyl (C=O) groups is 1. The number of oxazole rings is 1. The van der Waals surface area contributed by atoms with Crippen molar-refractivity contribution in [3.8, 4) is 22.8 Å². The Kier molecular flexibility index (Phi) is 4.23. The van der Waals surface area contributed by atoms with Crippen LogP contribution in [-0.2, 0) is 0 Å². The number of aromatic nitrogens is 2. The van der Waals surface area contributed by atoms with Crippen molar-refractivity contribution in [2.24, 2.45) is 0 Å². The summed E-state index contributed by atoms with van der Waals surface area (Å²) >= 11 is 0. The predicted octanol–water partition coefficient (Wildman–Crippen LogP) is 4.29. The smallest absolute Gasteiger partial charge is 0.251 e. The number of amides is 1. The minimum Gasteiger partial charge on any atom is -0.444 e. The van der Waals surface area contributed by atoms with Crippen LogP contribution in [0.5, 0.6) is 0 Å². The Hall–Kier alpha value is -3.41. The molecule has 0 radical (unpaired) electrons. The van der Waals surface area contributed by atoms with Crippen LogP contribution in [0, 0.1) is 0 Å². The van der Waals surface area contributed by atoms with Gasteiger partial charge in [0.25, 0.3) is 5.91 Å². The Morgan fingerprint density at radius 2 is 2.00 bits per heavy atom. The Balaban J connectivity index is 1.71. The van der Waals surface area contributed by atoms with Crippen LogP contribution in [0.4, 0.5) is 0 Å². The van der Waals surface area contributed by atoms with Crippen molar-refractivity contribution in [2.45, 2.75) is 13.3 Å². The van der Waals surface area contributed by atoms with Crippen LogP contribution in [0.2, 0.25) is 0 Å². The molecule has 2 aromatic heterocycles. The molecule has 4 rings (SSSR count). The van der Waals surface area contributed by atoms with E-state index in [9.17, 15) is 4.79 Å². The van der Waals surface area contributed by atoms with E-state index in [1.165, 1.54) is 0 Å². The molecule has 1 N–H and O–H groups in total. The quantitative estimate of drug-likeness (QED) is 0.582. The fourth-order valence-electron chi connectivity index (χ4n) is 2.70. The molecule has 0 aliphatic heterocycles. The Bertz CT molecular complexity index is 1050. The molecule has 26 heavy (non-hydrogen) atoms. The summed E-state index contributed by atoms with van der Waals surface area (Å²) in [4.78, 5) is 16.7. The van der Waals surface area contributed by atoms with Crippen LogP contribution >= 0.6 is 0 Å². The van der Waals surface area contributed by atoms with Crippen LogP contribution in [0.25, 0.3) is 33.8 Å². The molecule has 0 fully saturated rings. The van der Waals surface area contributed by atoms with Gasteiger partial charge in [-0.1, -0.05) is 30.3 Å². The third-order valence-corrected chi connectivity index (χ3v) is 4.04. The van der Waals surface area contributed by atoms with Crippen molar-refractivity contribution >= 4 is 16.9 Å². The Morgan fingerprint density at radius 3 is 2.81 bits per heavy atom. The van der Waals surface area contributed by atoms with E-state index >= 15 is 0 Å². The number of nitrogens with one attached hydrogen (secondary N) is 1. The number of rotatable bonds is 5. The van der Waals surface area contributed by atoms with Crippen LogP contribution in [0.3, 0.4) is 0 Å². The standard InChI is InChI=1S/C20H17N3O3/c1-2-10-21-19(24)14-8-9-17-15(11-14)18(23-26-17)16-12-25-20(22-16)13-6-4-3-5-7-13/h3-9,11-12H,2,10H2,1H3,(H,21,24). The van der Waals surface area contributed by atoms with Gasteiger partial charge in [0, 0.05) is 17.7 Å². The molecular formula is C20H17N3O3. The first kappa shape index (κ1) is 16.1. The average molecular weight is 347 g/mol. The zero-order valence-electron chi connectivity index (χ0n) is 14.2. The maximum atomic E-state index is 12.2. The van der Waals surface area contributed by atoms with Crippen molar-refractivity contribution in [1.82, 2.24) is 15.5 Å².